The Morgan fingerprint density at radius 1 is 1.21 bits per heavy atom. The van der Waals surface area contributed by atoms with Crippen molar-refractivity contribution >= 4 is 11.9 Å². The lowest BCUT2D eigenvalue weighted by Crippen LogP contribution is -2.38. The highest BCUT2D eigenvalue weighted by atomic mass is 16.7. The highest BCUT2D eigenvalue weighted by molar-refractivity contribution is 5.91. The van der Waals surface area contributed by atoms with Gasteiger partial charge in [0.05, 0.1) is 12.7 Å². The third-order valence-corrected chi connectivity index (χ3v) is 4.75. The number of hydrogen-bond donors (Lipinski definition) is 1. The lowest BCUT2D eigenvalue weighted by molar-refractivity contribution is -0.169. The normalized spacial score (nSPS) is 21.5. The number of aliphatic hydroxyl groups excluding tert-OH is 1. The van der Waals surface area contributed by atoms with E-state index in [9.17, 15) is 14.7 Å². The quantitative estimate of drug-likeness (QED) is 0.685. The van der Waals surface area contributed by atoms with Gasteiger partial charge in [-0.3, -0.25) is 4.79 Å². The van der Waals surface area contributed by atoms with Crippen molar-refractivity contribution in [3.8, 4) is 0 Å². The number of benzene rings is 1. The van der Waals surface area contributed by atoms with Gasteiger partial charge in [-0.25, -0.2) is 4.79 Å². The molecule has 0 fully saturated rings. The van der Waals surface area contributed by atoms with Crippen LogP contribution in [-0.4, -0.2) is 62.6 Å². The van der Waals surface area contributed by atoms with Crippen molar-refractivity contribution in [2.75, 3.05) is 34.4 Å². The topological polar surface area (TPSA) is 85.3 Å². The highest BCUT2D eigenvalue weighted by Gasteiger charge is 2.38. The average molecular weight is 391 g/mol. The second-order valence-electron chi connectivity index (χ2n) is 6.84. The molecule has 0 saturated carbocycles. The first-order chi connectivity index (χ1) is 13.4. The van der Waals surface area contributed by atoms with E-state index < -0.39 is 12.3 Å². The number of aliphatic hydroxyl groups is 1. The molecule has 1 aromatic carbocycles. The van der Waals surface area contributed by atoms with Crippen LogP contribution >= 0.6 is 0 Å². The number of amides is 1. The van der Waals surface area contributed by atoms with Crippen LogP contribution in [-0.2, 0) is 19.0 Å². The maximum absolute atomic E-state index is 12.5. The fourth-order valence-corrected chi connectivity index (χ4v) is 3.32. The van der Waals surface area contributed by atoms with Gasteiger partial charge in [-0.15, -0.1) is 0 Å². The fraction of sp³-hybridized carbons (Fsp3) is 0.524. The lowest BCUT2D eigenvalue weighted by Gasteiger charge is -2.37. The Kier molecular flexibility index (Phi) is 8.02. The summed E-state index contributed by atoms with van der Waals surface area (Å²) < 4.78 is 16.4. The van der Waals surface area contributed by atoms with E-state index in [2.05, 4.69) is 0 Å². The highest BCUT2D eigenvalue weighted by Crippen LogP contribution is 2.39. The van der Waals surface area contributed by atoms with E-state index in [4.69, 9.17) is 14.2 Å². The molecule has 0 aromatic heterocycles. The largest absolute Gasteiger partial charge is 0.465 e. The van der Waals surface area contributed by atoms with Gasteiger partial charge in [0, 0.05) is 39.1 Å². The van der Waals surface area contributed by atoms with Gasteiger partial charge in [-0.05, 0) is 43.5 Å². The van der Waals surface area contributed by atoms with Crippen LogP contribution in [0.15, 0.2) is 36.1 Å². The second kappa shape index (κ2) is 10.2. The molecule has 2 rings (SSSR count). The average Bonchev–Trinajstić information content (AvgIpc) is 2.71. The van der Waals surface area contributed by atoms with Crippen LogP contribution in [0.4, 0.5) is 0 Å². The van der Waals surface area contributed by atoms with Gasteiger partial charge in [-0.1, -0.05) is 12.1 Å². The van der Waals surface area contributed by atoms with Crippen LogP contribution in [0.3, 0.4) is 0 Å². The zero-order valence-corrected chi connectivity index (χ0v) is 16.9. The third kappa shape index (κ3) is 5.11. The van der Waals surface area contributed by atoms with E-state index in [1.807, 2.05) is 25.1 Å². The maximum Gasteiger partial charge on any atom is 0.337 e. The molecule has 1 aromatic rings. The molecule has 1 aliphatic rings. The Labute approximate surface area is 165 Å². The summed E-state index contributed by atoms with van der Waals surface area (Å²) in [6, 6.07) is 7.12. The standard InChI is InChI=1S/C21H29NO6/c1-5-27-21-16(7-6-12-23)17(13-18(28-21)19(24)22(2)3)14-8-10-15(11-9-14)20(25)26-4/h8-11,13,16-17,21,23H,5-7,12H2,1-4H3/t16-,17-,21-/m0/s1. The molecular weight excluding hydrogens is 362 g/mol. The van der Waals surface area contributed by atoms with E-state index in [0.29, 0.717) is 25.0 Å². The van der Waals surface area contributed by atoms with Crippen LogP contribution in [0, 0.1) is 5.92 Å². The first kappa shape index (κ1) is 21.9. The summed E-state index contributed by atoms with van der Waals surface area (Å²) in [5, 5.41) is 9.30. The predicted octanol–water partition coefficient (Wildman–Crippen LogP) is 2.31. The third-order valence-electron chi connectivity index (χ3n) is 4.75. The molecule has 0 saturated heterocycles. The van der Waals surface area contributed by atoms with Gasteiger partial charge in [-0.2, -0.15) is 0 Å². The van der Waals surface area contributed by atoms with Crippen molar-refractivity contribution in [3.63, 3.8) is 0 Å². The Morgan fingerprint density at radius 2 is 1.89 bits per heavy atom. The van der Waals surface area contributed by atoms with Gasteiger partial charge in [0.1, 0.15) is 0 Å². The first-order valence-electron chi connectivity index (χ1n) is 9.43. The molecule has 0 bridgehead atoms. The molecule has 1 N–H and O–H groups in total. The van der Waals surface area contributed by atoms with Gasteiger partial charge in [0.15, 0.2) is 5.76 Å². The number of nitrogens with zero attached hydrogens (tertiary/aromatic N) is 1. The van der Waals surface area contributed by atoms with Crippen LogP contribution in [0.25, 0.3) is 0 Å². The Bertz CT molecular complexity index is 697. The van der Waals surface area contributed by atoms with Crippen molar-refractivity contribution in [2.24, 2.45) is 5.92 Å². The van der Waals surface area contributed by atoms with Crippen LogP contribution in [0.1, 0.15) is 41.6 Å². The molecule has 154 valence electrons. The summed E-state index contributed by atoms with van der Waals surface area (Å²) in [5.41, 5.74) is 1.40. The molecule has 1 heterocycles. The maximum atomic E-state index is 12.5. The molecule has 0 radical (unpaired) electrons. The van der Waals surface area contributed by atoms with Crippen LogP contribution in [0.5, 0.6) is 0 Å². The van der Waals surface area contributed by atoms with Gasteiger partial charge < -0.3 is 24.2 Å². The van der Waals surface area contributed by atoms with Crippen LogP contribution < -0.4 is 0 Å². The minimum Gasteiger partial charge on any atom is -0.465 e. The van der Waals surface area contributed by atoms with Crippen molar-refractivity contribution in [1.82, 2.24) is 4.90 Å². The lowest BCUT2D eigenvalue weighted by atomic mass is 9.80. The minimum absolute atomic E-state index is 0.0660. The number of esters is 1. The summed E-state index contributed by atoms with van der Waals surface area (Å²) in [6.07, 6.45) is 2.49. The van der Waals surface area contributed by atoms with Crippen molar-refractivity contribution in [3.05, 3.63) is 47.2 Å². The molecule has 3 atom stereocenters. The molecule has 1 aliphatic heterocycles. The van der Waals surface area contributed by atoms with Crippen molar-refractivity contribution in [2.45, 2.75) is 32.0 Å². The van der Waals surface area contributed by atoms with E-state index >= 15 is 0 Å². The zero-order valence-electron chi connectivity index (χ0n) is 16.9. The SMILES string of the molecule is CCO[C@H]1OC(C(=O)N(C)C)=C[C@@H](c2ccc(C(=O)OC)cc2)[C@@H]1CCCO. The van der Waals surface area contributed by atoms with E-state index in [1.54, 1.807) is 26.2 Å². The number of ether oxygens (including phenoxy) is 3. The monoisotopic (exact) mass is 391 g/mol. The van der Waals surface area contributed by atoms with Gasteiger partial charge in [0.25, 0.3) is 5.91 Å². The molecule has 0 spiro atoms. The van der Waals surface area contributed by atoms with Crippen molar-refractivity contribution < 1.29 is 28.9 Å². The summed E-state index contributed by atoms with van der Waals surface area (Å²) >= 11 is 0. The number of carbonyl (C=O) groups is 2. The number of hydrogen-bond acceptors (Lipinski definition) is 6. The molecule has 0 aliphatic carbocycles. The number of rotatable bonds is 8. The van der Waals surface area contributed by atoms with E-state index in [-0.39, 0.29) is 30.1 Å². The zero-order chi connectivity index (χ0) is 20.7. The Hall–Kier alpha value is -2.38. The van der Waals surface area contributed by atoms with E-state index in [0.717, 1.165) is 5.56 Å². The summed E-state index contributed by atoms with van der Waals surface area (Å²) in [7, 11) is 4.68. The Morgan fingerprint density at radius 3 is 2.43 bits per heavy atom. The predicted molar refractivity (Wildman–Crippen MR) is 104 cm³/mol. The molecule has 0 unspecified atom stereocenters. The second-order valence-corrected chi connectivity index (χ2v) is 6.84. The molecule has 7 nitrogen and oxygen atoms in total. The number of likely N-dealkylation sites (N-methyl/N-ethyl adjacent to an activating group) is 1. The van der Waals surface area contributed by atoms with Crippen LogP contribution in [0.2, 0.25) is 0 Å². The molecular formula is C21H29NO6. The van der Waals surface area contributed by atoms with E-state index in [1.165, 1.54) is 12.0 Å². The van der Waals surface area contributed by atoms with Gasteiger partial charge >= 0.3 is 5.97 Å². The summed E-state index contributed by atoms with van der Waals surface area (Å²) in [5.74, 6) is -0.619. The summed E-state index contributed by atoms with van der Waals surface area (Å²) in [4.78, 5) is 25.7. The minimum atomic E-state index is -0.592. The molecule has 28 heavy (non-hydrogen) atoms. The fourth-order valence-electron chi connectivity index (χ4n) is 3.32. The van der Waals surface area contributed by atoms with Crippen molar-refractivity contribution in [1.29, 1.82) is 0 Å². The molecule has 7 heteroatoms. The van der Waals surface area contributed by atoms with Gasteiger partial charge in [0.2, 0.25) is 6.29 Å². The smallest absolute Gasteiger partial charge is 0.337 e. The number of methoxy groups -OCH3 is 1. The number of carbonyl (C=O) groups excluding carboxylic acids is 2. The first-order valence-corrected chi connectivity index (χ1v) is 9.43. The summed E-state index contributed by atoms with van der Waals surface area (Å²) in [6.45, 7) is 2.38. The molecule has 1 amide bonds. The number of allylic oxidation sites excluding steroid dienone is 1. The Balaban J connectivity index is 2.43.